The van der Waals surface area contributed by atoms with Crippen LogP contribution in [0.5, 0.6) is 0 Å². The first-order valence-corrected chi connectivity index (χ1v) is 19.4. The van der Waals surface area contributed by atoms with Crippen LogP contribution in [0.4, 0.5) is 0 Å². The Balaban J connectivity index is 1.17. The van der Waals surface area contributed by atoms with Gasteiger partial charge in [0.1, 0.15) is 5.69 Å². The average molecular weight is 722 g/mol. The second kappa shape index (κ2) is 11.6. The lowest BCUT2D eigenvalue weighted by atomic mass is 9.30. The summed E-state index contributed by atoms with van der Waals surface area (Å²) >= 11 is 0. The van der Waals surface area contributed by atoms with Crippen molar-refractivity contribution in [3.05, 3.63) is 53.4 Å². The van der Waals surface area contributed by atoms with Crippen LogP contribution in [0.3, 0.4) is 0 Å². The van der Waals surface area contributed by atoms with Crippen LogP contribution in [0.1, 0.15) is 110 Å². The van der Waals surface area contributed by atoms with Crippen molar-refractivity contribution in [1.82, 2.24) is 15.0 Å². The second-order valence-electron chi connectivity index (χ2n) is 19.5. The van der Waals surface area contributed by atoms with Gasteiger partial charge in [0.05, 0.1) is 55.1 Å². The van der Waals surface area contributed by atoms with E-state index in [0.29, 0.717) is 42.6 Å². The fourth-order valence-electron chi connectivity index (χ4n) is 13.8. The molecule has 0 saturated heterocycles. The van der Waals surface area contributed by atoms with Gasteiger partial charge in [-0.25, -0.2) is 4.68 Å². The van der Waals surface area contributed by atoms with E-state index in [0.717, 1.165) is 25.7 Å². The number of nitrogens with zero attached hydrogens (tertiary/aromatic N) is 3. The van der Waals surface area contributed by atoms with Crippen molar-refractivity contribution in [2.24, 2.45) is 50.2 Å². The zero-order chi connectivity index (χ0) is 37.4. The highest BCUT2D eigenvalue weighted by atomic mass is 16.5. The summed E-state index contributed by atoms with van der Waals surface area (Å²) in [5.41, 5.74) is -0.735. The number of aliphatic hydroxyl groups excluding tert-OH is 6. The Labute approximate surface area is 306 Å². The summed E-state index contributed by atoms with van der Waals surface area (Å²) in [4.78, 5) is 0. The van der Waals surface area contributed by atoms with Gasteiger partial charge in [-0.05, 0) is 97.0 Å². The quantitative estimate of drug-likeness (QED) is 0.171. The van der Waals surface area contributed by atoms with E-state index in [1.54, 1.807) is 35.1 Å². The van der Waals surface area contributed by atoms with Crippen LogP contribution in [0.2, 0.25) is 0 Å². The normalized spacial score (nSPS) is 47.7. The molecular formula is C41H59N3O8. The molecule has 6 fully saturated rings. The van der Waals surface area contributed by atoms with E-state index in [4.69, 9.17) is 4.74 Å². The summed E-state index contributed by atoms with van der Waals surface area (Å²) in [6, 6.07) is 6.73. The van der Waals surface area contributed by atoms with Crippen LogP contribution in [0.15, 0.2) is 42.1 Å². The van der Waals surface area contributed by atoms with Crippen molar-refractivity contribution in [1.29, 1.82) is 0 Å². The summed E-state index contributed by atoms with van der Waals surface area (Å²) in [5, 5.41) is 85.8. The summed E-state index contributed by atoms with van der Waals surface area (Å²) in [6.07, 6.45) is 4.69. The molecule has 6 saturated carbocycles. The van der Waals surface area contributed by atoms with Gasteiger partial charge in [-0.3, -0.25) is 0 Å². The van der Waals surface area contributed by atoms with Crippen LogP contribution in [-0.2, 0) is 11.3 Å². The molecule has 13 atom stereocenters. The van der Waals surface area contributed by atoms with E-state index in [1.165, 1.54) is 5.57 Å². The predicted octanol–water partition coefficient (Wildman–Crippen LogP) is 3.96. The first kappa shape index (κ1) is 36.7. The lowest BCUT2D eigenvalue weighted by Gasteiger charge is -2.75. The number of aliphatic hydroxyl groups is 7. The number of allylic oxidation sites excluding steroid dienone is 1. The molecule has 0 amide bonds. The van der Waals surface area contributed by atoms with Crippen LogP contribution in [0, 0.1) is 50.2 Å². The van der Waals surface area contributed by atoms with Crippen LogP contribution < -0.4 is 0 Å². The maximum Gasteiger partial charge on any atom is 0.178 e. The minimum atomic E-state index is -1.56. The molecule has 7 N–H and O–H groups in total. The molecular weight excluding hydrogens is 662 g/mol. The number of ether oxygens (including phenoxy) is 1. The van der Waals surface area contributed by atoms with Gasteiger partial charge in [0, 0.05) is 22.3 Å². The van der Waals surface area contributed by atoms with Crippen molar-refractivity contribution < 1.29 is 40.5 Å². The SMILES string of the molecule is CC1(C)CC2(OCc3cn(-c4ccc(C(O)O)cc4)nn3)C[C@@]3(C2C2=CCC4[C@@]5(C)CC[C@H](O)[C@](C)(CO)C5CC[C@@]4(C)[C@]2(C)C[C@H]3O)[C@@H](O)[C@@H]1O. The van der Waals surface area contributed by atoms with Gasteiger partial charge in [-0.15, -0.1) is 5.10 Å². The summed E-state index contributed by atoms with van der Waals surface area (Å²) in [6.45, 7) is 13.3. The molecule has 2 bridgehead atoms. The van der Waals surface area contributed by atoms with Gasteiger partial charge in [-0.1, -0.05) is 70.5 Å². The molecule has 0 aliphatic heterocycles. The van der Waals surface area contributed by atoms with Crippen molar-refractivity contribution in [2.75, 3.05) is 6.61 Å². The zero-order valence-electron chi connectivity index (χ0n) is 31.5. The molecule has 1 heterocycles. The molecule has 7 aliphatic rings. The van der Waals surface area contributed by atoms with E-state index in [2.05, 4.69) is 44.1 Å². The minimum absolute atomic E-state index is 0.0384. The van der Waals surface area contributed by atoms with Crippen molar-refractivity contribution in [2.45, 2.75) is 136 Å². The standard InChI is InChI=1S/C41H59N3O8/c1-35(2)20-40(52-19-24-18-44(43-42-24)25-9-7-23(8-10-25)34(50)51)21-41(33(49)32(35)48)30(47)17-39(6)26(31(40)41)11-12-28-36(3)15-14-29(46)37(4,22-45)27(36)13-16-38(28,39)5/h7-11,18,27-34,45-51H,12-17,19-22H2,1-6H3/t27?,28?,29-,30+,31?,32-,33-,36-,37+,38+,39+,40?,41+/m0/s1. The molecule has 0 radical (unpaired) electrons. The highest BCUT2D eigenvalue weighted by Gasteiger charge is 2.80. The highest BCUT2D eigenvalue weighted by molar-refractivity contribution is 5.43. The van der Waals surface area contributed by atoms with Crippen LogP contribution in [-0.4, -0.2) is 87.4 Å². The fraction of sp³-hybridized carbons (Fsp3) is 0.756. The van der Waals surface area contributed by atoms with Crippen molar-refractivity contribution in [3.63, 3.8) is 0 Å². The van der Waals surface area contributed by atoms with Gasteiger partial charge in [0.25, 0.3) is 0 Å². The predicted molar refractivity (Wildman–Crippen MR) is 191 cm³/mol. The monoisotopic (exact) mass is 721 g/mol. The minimum Gasteiger partial charge on any atom is -0.396 e. The Hall–Kier alpha value is -2.22. The molecule has 4 unspecified atom stereocenters. The smallest absolute Gasteiger partial charge is 0.178 e. The van der Waals surface area contributed by atoms with Gasteiger partial charge in [0.15, 0.2) is 6.29 Å². The molecule has 1 spiro atoms. The first-order valence-electron chi connectivity index (χ1n) is 19.4. The van der Waals surface area contributed by atoms with E-state index in [-0.39, 0.29) is 41.8 Å². The van der Waals surface area contributed by atoms with E-state index < -0.39 is 58.0 Å². The van der Waals surface area contributed by atoms with Crippen LogP contribution in [0.25, 0.3) is 5.69 Å². The number of hydrogen-bond donors (Lipinski definition) is 7. The average Bonchev–Trinajstić information content (AvgIpc) is 3.54. The largest absolute Gasteiger partial charge is 0.396 e. The maximum atomic E-state index is 12.5. The highest BCUT2D eigenvalue weighted by Crippen LogP contribution is 2.80. The third-order valence-corrected chi connectivity index (χ3v) is 16.8. The molecule has 2 aromatic rings. The number of benzene rings is 1. The topological polar surface area (TPSA) is 182 Å². The third kappa shape index (κ3) is 4.60. The Morgan fingerprint density at radius 3 is 2.27 bits per heavy atom. The van der Waals surface area contributed by atoms with Crippen molar-refractivity contribution in [3.8, 4) is 5.69 Å². The number of fused-ring (bicyclic) bond motifs is 8. The van der Waals surface area contributed by atoms with Gasteiger partial charge in [-0.2, -0.15) is 0 Å². The number of hydrogen-bond acceptors (Lipinski definition) is 10. The third-order valence-electron chi connectivity index (χ3n) is 16.8. The van der Waals surface area contributed by atoms with Gasteiger partial charge < -0.3 is 40.5 Å². The Morgan fingerprint density at radius 2 is 1.60 bits per heavy atom. The second-order valence-corrected chi connectivity index (χ2v) is 19.5. The first-order chi connectivity index (χ1) is 24.3. The zero-order valence-corrected chi connectivity index (χ0v) is 31.5. The molecule has 52 heavy (non-hydrogen) atoms. The molecule has 11 heteroatoms. The lowest BCUT2D eigenvalue weighted by Crippen LogP contribution is -2.76. The molecule has 11 nitrogen and oxygen atoms in total. The summed E-state index contributed by atoms with van der Waals surface area (Å²) in [7, 11) is 0. The maximum absolute atomic E-state index is 12.5. The van der Waals surface area contributed by atoms with Gasteiger partial charge in [0.2, 0.25) is 0 Å². The Morgan fingerprint density at radius 1 is 0.885 bits per heavy atom. The lowest BCUT2D eigenvalue weighted by molar-refractivity contribution is -0.308. The number of aromatic nitrogens is 3. The summed E-state index contributed by atoms with van der Waals surface area (Å²) in [5.74, 6) is 0.145. The van der Waals surface area contributed by atoms with E-state index >= 15 is 0 Å². The summed E-state index contributed by atoms with van der Waals surface area (Å²) < 4.78 is 8.68. The molecule has 1 aromatic carbocycles. The molecule has 286 valence electrons. The Kier molecular flexibility index (Phi) is 8.23. The van der Waals surface area contributed by atoms with E-state index in [9.17, 15) is 35.7 Å². The molecule has 7 aliphatic carbocycles. The van der Waals surface area contributed by atoms with Crippen molar-refractivity contribution >= 4 is 0 Å². The molecule has 1 aromatic heterocycles. The van der Waals surface area contributed by atoms with Crippen LogP contribution >= 0.6 is 0 Å². The fourth-order valence-corrected chi connectivity index (χ4v) is 13.8. The number of rotatable bonds is 6. The van der Waals surface area contributed by atoms with E-state index in [1.807, 2.05) is 13.8 Å². The Bertz CT molecular complexity index is 1740. The van der Waals surface area contributed by atoms with Gasteiger partial charge >= 0.3 is 0 Å². The molecule has 9 rings (SSSR count).